The van der Waals surface area contributed by atoms with E-state index >= 15 is 0 Å². The lowest BCUT2D eigenvalue weighted by molar-refractivity contribution is -0.115. The predicted molar refractivity (Wildman–Crippen MR) is 124 cm³/mol. The van der Waals surface area contributed by atoms with Crippen LogP contribution in [0.3, 0.4) is 0 Å². The van der Waals surface area contributed by atoms with E-state index < -0.39 is 0 Å². The molecule has 0 aromatic heterocycles. The van der Waals surface area contributed by atoms with E-state index in [1.165, 1.54) is 17.6 Å². The number of hydrogen-bond donors (Lipinski definition) is 1. The molecule has 0 aromatic rings. The second-order valence-electron chi connectivity index (χ2n) is 12.2. The van der Waals surface area contributed by atoms with Gasteiger partial charge in [0.05, 0.1) is 6.10 Å². The van der Waals surface area contributed by atoms with Gasteiger partial charge in [0.2, 0.25) is 0 Å². The molecule has 4 rings (SSSR count). The molecule has 0 radical (unpaired) electrons. The Balaban J connectivity index is 1.63. The molecule has 0 amide bonds. The van der Waals surface area contributed by atoms with E-state index in [1.807, 2.05) is 0 Å². The molecular formula is C28H44O2. The van der Waals surface area contributed by atoms with Crippen LogP contribution in [0.1, 0.15) is 92.9 Å². The first-order chi connectivity index (χ1) is 14.1. The Bertz CT molecular complexity index is 746. The van der Waals surface area contributed by atoms with Crippen LogP contribution in [-0.4, -0.2) is 17.0 Å². The van der Waals surface area contributed by atoms with Crippen molar-refractivity contribution in [3.8, 4) is 0 Å². The Hall–Kier alpha value is -0.890. The summed E-state index contributed by atoms with van der Waals surface area (Å²) in [6.07, 6.45) is 13.1. The van der Waals surface area contributed by atoms with E-state index in [0.717, 1.165) is 44.9 Å². The molecule has 0 aliphatic heterocycles. The monoisotopic (exact) mass is 412 g/mol. The highest BCUT2D eigenvalue weighted by atomic mass is 16.3. The van der Waals surface area contributed by atoms with Crippen molar-refractivity contribution < 1.29 is 9.90 Å². The molecule has 3 saturated carbocycles. The third kappa shape index (κ3) is 3.46. The van der Waals surface area contributed by atoms with Crippen LogP contribution in [0.25, 0.3) is 0 Å². The highest BCUT2D eigenvalue weighted by molar-refractivity contribution is 6.00. The molecule has 1 N–H and O–H groups in total. The summed E-state index contributed by atoms with van der Waals surface area (Å²) >= 11 is 0. The molecule has 0 spiro atoms. The van der Waals surface area contributed by atoms with Crippen molar-refractivity contribution in [1.29, 1.82) is 0 Å². The smallest absolute Gasteiger partial charge is 0.159 e. The molecule has 0 saturated heterocycles. The van der Waals surface area contributed by atoms with Crippen molar-refractivity contribution >= 4 is 5.78 Å². The van der Waals surface area contributed by atoms with Gasteiger partial charge >= 0.3 is 0 Å². The molecule has 8 atom stereocenters. The topological polar surface area (TPSA) is 37.3 Å². The van der Waals surface area contributed by atoms with Crippen LogP contribution in [0.2, 0.25) is 0 Å². The Kier molecular flexibility index (Phi) is 5.88. The van der Waals surface area contributed by atoms with Crippen LogP contribution in [0.4, 0.5) is 0 Å². The lowest BCUT2D eigenvalue weighted by Gasteiger charge is -2.56. The number of ketones is 1. The average Bonchev–Trinajstić information content (AvgIpc) is 2.97. The molecule has 30 heavy (non-hydrogen) atoms. The van der Waals surface area contributed by atoms with Gasteiger partial charge < -0.3 is 5.11 Å². The molecular weight excluding hydrogens is 368 g/mol. The zero-order chi connectivity index (χ0) is 21.8. The maximum absolute atomic E-state index is 13.4. The van der Waals surface area contributed by atoms with Gasteiger partial charge in [0.1, 0.15) is 0 Å². The maximum Gasteiger partial charge on any atom is 0.159 e. The molecule has 4 aliphatic carbocycles. The molecule has 3 fully saturated rings. The fourth-order valence-electron chi connectivity index (χ4n) is 7.81. The number of rotatable bonds is 4. The maximum atomic E-state index is 13.4. The summed E-state index contributed by atoms with van der Waals surface area (Å²) in [4.78, 5) is 13.4. The van der Waals surface area contributed by atoms with Gasteiger partial charge in [-0.15, -0.1) is 0 Å². The van der Waals surface area contributed by atoms with Crippen molar-refractivity contribution in [3.63, 3.8) is 0 Å². The van der Waals surface area contributed by atoms with Crippen LogP contribution in [0.5, 0.6) is 0 Å². The first-order valence-corrected chi connectivity index (χ1v) is 12.7. The van der Waals surface area contributed by atoms with Crippen molar-refractivity contribution in [2.24, 2.45) is 46.3 Å². The standard InChI is InChI=1S/C28H44O2/c1-17(2)18(3)7-8-19(4)24-16-25(30)26-22-10-9-20-15-21(29)11-13-27(20,5)23(22)12-14-28(24,26)6/h7-8,17-21,23-24,29H,9-16H2,1-6H3/t18?,19-,20+,21+,23+,24-,27+,28-/m1/s1. The SMILES string of the molecule is CC(C)C(C)C=C[C@@H](C)[C@H]1CC(=O)C2=C3CC[C@H]4C[C@@H](O)CC[C@]4(C)[C@H]3CC[C@@]21C. The summed E-state index contributed by atoms with van der Waals surface area (Å²) in [5.74, 6) is 3.80. The molecule has 0 aromatic carbocycles. The molecule has 2 heteroatoms. The van der Waals surface area contributed by atoms with E-state index in [2.05, 4.69) is 53.7 Å². The van der Waals surface area contributed by atoms with Gasteiger partial charge in [0.15, 0.2) is 5.78 Å². The molecule has 4 aliphatic rings. The summed E-state index contributed by atoms with van der Waals surface area (Å²) in [7, 11) is 0. The number of fused-ring (bicyclic) bond motifs is 4. The molecule has 1 unspecified atom stereocenters. The van der Waals surface area contributed by atoms with Gasteiger partial charge in [-0.3, -0.25) is 4.79 Å². The number of allylic oxidation sites excluding steroid dienone is 4. The van der Waals surface area contributed by atoms with Crippen LogP contribution in [0.15, 0.2) is 23.3 Å². The second-order valence-corrected chi connectivity index (χ2v) is 12.2. The zero-order valence-electron chi connectivity index (χ0n) is 20.2. The average molecular weight is 413 g/mol. The van der Waals surface area contributed by atoms with E-state index in [0.29, 0.717) is 41.3 Å². The summed E-state index contributed by atoms with van der Waals surface area (Å²) in [5.41, 5.74) is 3.15. The third-order valence-electron chi connectivity index (χ3n) is 10.2. The van der Waals surface area contributed by atoms with Gasteiger partial charge in [-0.25, -0.2) is 0 Å². The zero-order valence-corrected chi connectivity index (χ0v) is 20.2. The second kappa shape index (κ2) is 7.91. The normalized spacial score (nSPS) is 43.5. The van der Waals surface area contributed by atoms with Gasteiger partial charge in [-0.05, 0) is 91.3 Å². The van der Waals surface area contributed by atoms with Crippen molar-refractivity contribution in [2.75, 3.05) is 0 Å². The summed E-state index contributed by atoms with van der Waals surface area (Å²) in [6, 6.07) is 0. The Morgan fingerprint density at radius 2 is 1.77 bits per heavy atom. The molecule has 2 nitrogen and oxygen atoms in total. The van der Waals surface area contributed by atoms with Crippen LogP contribution in [-0.2, 0) is 4.79 Å². The summed E-state index contributed by atoms with van der Waals surface area (Å²) in [5, 5.41) is 10.2. The number of carbonyl (C=O) groups is 1. The van der Waals surface area contributed by atoms with Gasteiger partial charge in [-0.2, -0.15) is 0 Å². The molecule has 0 heterocycles. The Morgan fingerprint density at radius 1 is 1.03 bits per heavy atom. The van der Waals surface area contributed by atoms with Crippen molar-refractivity contribution in [2.45, 2.75) is 99.0 Å². The minimum atomic E-state index is -0.107. The van der Waals surface area contributed by atoms with E-state index in [-0.39, 0.29) is 16.9 Å². The van der Waals surface area contributed by atoms with Crippen LogP contribution < -0.4 is 0 Å². The van der Waals surface area contributed by atoms with Gasteiger partial charge in [0.25, 0.3) is 0 Å². The highest BCUT2D eigenvalue weighted by Gasteiger charge is 2.57. The van der Waals surface area contributed by atoms with Crippen LogP contribution in [0, 0.1) is 46.3 Å². The van der Waals surface area contributed by atoms with Gasteiger partial charge in [-0.1, -0.05) is 59.3 Å². The lowest BCUT2D eigenvalue weighted by Crippen LogP contribution is -2.48. The number of carbonyl (C=O) groups excluding carboxylic acids is 1. The number of aliphatic hydroxyl groups excluding tert-OH is 1. The summed E-state index contributed by atoms with van der Waals surface area (Å²) < 4.78 is 0. The Labute approximate surface area is 184 Å². The molecule has 0 bridgehead atoms. The van der Waals surface area contributed by atoms with Crippen molar-refractivity contribution in [1.82, 2.24) is 0 Å². The van der Waals surface area contributed by atoms with Gasteiger partial charge in [0, 0.05) is 12.0 Å². The Morgan fingerprint density at radius 3 is 2.47 bits per heavy atom. The highest BCUT2D eigenvalue weighted by Crippen LogP contribution is 2.65. The lowest BCUT2D eigenvalue weighted by atomic mass is 9.49. The van der Waals surface area contributed by atoms with Crippen molar-refractivity contribution in [3.05, 3.63) is 23.3 Å². The van der Waals surface area contributed by atoms with E-state index in [1.54, 1.807) is 0 Å². The number of Topliss-reactive ketones (excluding diaryl/α,β-unsaturated/α-hetero) is 1. The van der Waals surface area contributed by atoms with E-state index in [4.69, 9.17) is 0 Å². The van der Waals surface area contributed by atoms with E-state index in [9.17, 15) is 9.90 Å². The molecule has 168 valence electrons. The quantitative estimate of drug-likeness (QED) is 0.520. The predicted octanol–water partition coefficient (Wildman–Crippen LogP) is 6.73. The number of hydrogen-bond acceptors (Lipinski definition) is 2. The first-order valence-electron chi connectivity index (χ1n) is 12.7. The first kappa shape index (κ1) is 22.3. The summed E-state index contributed by atoms with van der Waals surface area (Å²) in [6.45, 7) is 14.1. The fraction of sp³-hybridized carbons (Fsp3) is 0.821. The third-order valence-corrected chi connectivity index (χ3v) is 10.2. The fourth-order valence-corrected chi connectivity index (χ4v) is 7.81. The van der Waals surface area contributed by atoms with Crippen LogP contribution >= 0.6 is 0 Å². The minimum Gasteiger partial charge on any atom is -0.393 e. The number of aliphatic hydroxyl groups is 1. The largest absolute Gasteiger partial charge is 0.393 e. The minimum absolute atomic E-state index is 0.0606.